The molecule has 1 amide bonds. The molecular weight excluding hydrogens is 266 g/mol. The molecule has 1 fully saturated rings. The van der Waals surface area contributed by atoms with Gasteiger partial charge in [-0.05, 0) is 5.56 Å². The van der Waals surface area contributed by atoms with Crippen molar-refractivity contribution in [1.82, 2.24) is 5.32 Å². The molecule has 104 valence electrons. The monoisotopic (exact) mass is 279 g/mol. The quantitative estimate of drug-likeness (QED) is 0.530. The highest BCUT2D eigenvalue weighted by Gasteiger charge is 2.46. The van der Waals surface area contributed by atoms with Crippen molar-refractivity contribution in [2.24, 2.45) is 5.92 Å². The van der Waals surface area contributed by atoms with Gasteiger partial charge in [-0.3, -0.25) is 14.4 Å². The highest BCUT2D eigenvalue weighted by molar-refractivity contribution is 6.44. The predicted molar refractivity (Wildman–Crippen MR) is 76.6 cm³/mol. The van der Waals surface area contributed by atoms with Gasteiger partial charge in [0.2, 0.25) is 5.78 Å². The minimum Gasteiger partial charge on any atom is -0.341 e. The Balaban J connectivity index is 1.99. The largest absolute Gasteiger partial charge is 0.341 e. The Morgan fingerprint density at radius 3 is 2.05 bits per heavy atom. The minimum atomic E-state index is -0.998. The molecule has 2 unspecified atom stereocenters. The van der Waals surface area contributed by atoms with Crippen LogP contribution in [0.2, 0.25) is 0 Å². The molecule has 1 aliphatic rings. The minimum absolute atomic E-state index is 0.326. The SMILES string of the molecule is O=C1NC(c2ccccc2)C(C(=O)c2ccccc2)C1=O. The first-order valence-corrected chi connectivity index (χ1v) is 6.67. The van der Waals surface area contributed by atoms with Gasteiger partial charge >= 0.3 is 0 Å². The Kier molecular flexibility index (Phi) is 3.36. The topological polar surface area (TPSA) is 63.2 Å². The molecule has 4 nitrogen and oxygen atoms in total. The van der Waals surface area contributed by atoms with E-state index in [1.807, 2.05) is 18.2 Å². The van der Waals surface area contributed by atoms with Crippen LogP contribution in [0, 0.1) is 5.92 Å². The molecule has 3 rings (SSSR count). The average molecular weight is 279 g/mol. The van der Waals surface area contributed by atoms with Gasteiger partial charge in [-0.1, -0.05) is 60.7 Å². The van der Waals surface area contributed by atoms with Crippen LogP contribution in [0.1, 0.15) is 22.0 Å². The van der Waals surface area contributed by atoms with E-state index in [1.165, 1.54) is 0 Å². The Labute approximate surface area is 121 Å². The lowest BCUT2D eigenvalue weighted by Crippen LogP contribution is -2.26. The molecule has 21 heavy (non-hydrogen) atoms. The van der Waals surface area contributed by atoms with Crippen molar-refractivity contribution in [1.29, 1.82) is 0 Å². The summed E-state index contributed by atoms with van der Waals surface area (Å²) in [6.07, 6.45) is 0. The van der Waals surface area contributed by atoms with E-state index < -0.39 is 23.7 Å². The first-order chi connectivity index (χ1) is 10.2. The summed E-state index contributed by atoms with van der Waals surface area (Å²) in [5, 5.41) is 2.61. The van der Waals surface area contributed by atoms with Gasteiger partial charge in [0.05, 0.1) is 6.04 Å². The summed E-state index contributed by atoms with van der Waals surface area (Å²) in [6, 6.07) is 17.0. The summed E-state index contributed by atoms with van der Waals surface area (Å²) < 4.78 is 0. The van der Waals surface area contributed by atoms with Gasteiger partial charge in [0.1, 0.15) is 5.92 Å². The van der Waals surface area contributed by atoms with Crippen LogP contribution in [0.15, 0.2) is 60.7 Å². The standard InChI is InChI=1S/C17H13NO3/c19-15(12-9-5-2-6-10-12)13-14(18-17(21)16(13)20)11-7-3-1-4-8-11/h1-10,13-14H,(H,18,21). The number of amides is 1. The smallest absolute Gasteiger partial charge is 0.288 e. The van der Waals surface area contributed by atoms with Crippen molar-refractivity contribution < 1.29 is 14.4 Å². The van der Waals surface area contributed by atoms with Gasteiger partial charge < -0.3 is 5.32 Å². The van der Waals surface area contributed by atoms with Crippen LogP contribution in [0.3, 0.4) is 0 Å². The zero-order valence-corrected chi connectivity index (χ0v) is 11.2. The average Bonchev–Trinajstić information content (AvgIpc) is 2.84. The summed E-state index contributed by atoms with van der Waals surface area (Å²) >= 11 is 0. The van der Waals surface area contributed by atoms with Crippen LogP contribution in [0.4, 0.5) is 0 Å². The lowest BCUT2D eigenvalue weighted by molar-refractivity contribution is -0.135. The lowest BCUT2D eigenvalue weighted by Gasteiger charge is -2.17. The van der Waals surface area contributed by atoms with Crippen LogP contribution in [0.25, 0.3) is 0 Å². The van der Waals surface area contributed by atoms with E-state index in [0.29, 0.717) is 5.56 Å². The molecule has 2 aromatic rings. The first kappa shape index (κ1) is 13.2. The summed E-state index contributed by atoms with van der Waals surface area (Å²) in [5.41, 5.74) is 1.19. The Bertz CT molecular complexity index is 694. The fourth-order valence-electron chi connectivity index (χ4n) is 2.58. The molecule has 0 saturated carbocycles. The molecular formula is C17H13NO3. The highest BCUT2D eigenvalue weighted by Crippen LogP contribution is 2.30. The predicted octanol–water partition coefficient (Wildman–Crippen LogP) is 1.93. The molecule has 0 bridgehead atoms. The van der Waals surface area contributed by atoms with E-state index in [4.69, 9.17) is 0 Å². The third-order valence-corrected chi connectivity index (χ3v) is 3.63. The van der Waals surface area contributed by atoms with Gasteiger partial charge in [0.25, 0.3) is 5.91 Å². The molecule has 0 aliphatic carbocycles. The van der Waals surface area contributed by atoms with Gasteiger partial charge in [-0.2, -0.15) is 0 Å². The number of carbonyl (C=O) groups excluding carboxylic acids is 3. The van der Waals surface area contributed by atoms with Gasteiger partial charge in [0, 0.05) is 5.56 Å². The Hall–Kier alpha value is -2.75. The van der Waals surface area contributed by atoms with Crippen LogP contribution in [0.5, 0.6) is 0 Å². The number of carbonyl (C=O) groups is 3. The number of hydrogen-bond acceptors (Lipinski definition) is 3. The number of benzene rings is 2. The molecule has 4 heteroatoms. The molecule has 0 aromatic heterocycles. The number of hydrogen-bond donors (Lipinski definition) is 1. The van der Waals surface area contributed by atoms with Crippen LogP contribution >= 0.6 is 0 Å². The van der Waals surface area contributed by atoms with Crippen molar-refractivity contribution in [3.05, 3.63) is 71.8 Å². The van der Waals surface area contributed by atoms with E-state index in [0.717, 1.165) is 5.56 Å². The van der Waals surface area contributed by atoms with Crippen LogP contribution < -0.4 is 5.32 Å². The zero-order valence-electron chi connectivity index (χ0n) is 11.2. The lowest BCUT2D eigenvalue weighted by atomic mass is 9.87. The maximum atomic E-state index is 12.6. The Morgan fingerprint density at radius 2 is 1.43 bits per heavy atom. The summed E-state index contributed by atoms with van der Waals surface area (Å²) in [7, 11) is 0. The summed E-state index contributed by atoms with van der Waals surface area (Å²) in [4.78, 5) is 36.3. The van der Waals surface area contributed by atoms with E-state index >= 15 is 0 Å². The van der Waals surface area contributed by atoms with E-state index in [1.54, 1.807) is 42.5 Å². The van der Waals surface area contributed by atoms with Crippen molar-refractivity contribution in [3.8, 4) is 0 Å². The summed E-state index contributed by atoms with van der Waals surface area (Å²) in [5.74, 6) is -2.69. The maximum Gasteiger partial charge on any atom is 0.288 e. The molecule has 1 N–H and O–H groups in total. The van der Waals surface area contributed by atoms with Gasteiger partial charge in [0.15, 0.2) is 5.78 Å². The van der Waals surface area contributed by atoms with Gasteiger partial charge in [-0.25, -0.2) is 0 Å². The fraction of sp³-hybridized carbons (Fsp3) is 0.118. The molecule has 1 saturated heterocycles. The van der Waals surface area contributed by atoms with Crippen molar-refractivity contribution >= 4 is 17.5 Å². The number of ketones is 2. The third-order valence-electron chi connectivity index (χ3n) is 3.63. The number of Topliss-reactive ketones (excluding diaryl/α,β-unsaturated/α-hetero) is 2. The molecule has 1 aliphatic heterocycles. The van der Waals surface area contributed by atoms with Crippen LogP contribution in [-0.2, 0) is 9.59 Å². The molecule has 2 atom stereocenters. The third kappa shape index (κ3) is 2.36. The zero-order chi connectivity index (χ0) is 14.8. The molecule has 2 aromatic carbocycles. The normalized spacial score (nSPS) is 21.1. The molecule has 0 spiro atoms. The van der Waals surface area contributed by atoms with Crippen molar-refractivity contribution in [3.63, 3.8) is 0 Å². The van der Waals surface area contributed by atoms with E-state index in [2.05, 4.69) is 5.32 Å². The van der Waals surface area contributed by atoms with Crippen molar-refractivity contribution in [2.75, 3.05) is 0 Å². The second kappa shape index (κ2) is 5.32. The fourth-order valence-corrected chi connectivity index (χ4v) is 2.58. The van der Waals surface area contributed by atoms with Gasteiger partial charge in [-0.15, -0.1) is 0 Å². The second-order valence-electron chi connectivity index (χ2n) is 4.93. The summed E-state index contributed by atoms with van der Waals surface area (Å²) in [6.45, 7) is 0. The van der Waals surface area contributed by atoms with E-state index in [9.17, 15) is 14.4 Å². The van der Waals surface area contributed by atoms with E-state index in [-0.39, 0.29) is 5.78 Å². The van der Waals surface area contributed by atoms with Crippen LogP contribution in [-0.4, -0.2) is 17.5 Å². The maximum absolute atomic E-state index is 12.6. The highest BCUT2D eigenvalue weighted by atomic mass is 16.2. The first-order valence-electron chi connectivity index (χ1n) is 6.67. The number of rotatable bonds is 3. The number of nitrogens with one attached hydrogen (secondary N) is 1. The second-order valence-corrected chi connectivity index (χ2v) is 4.93. The molecule has 0 radical (unpaired) electrons. The molecule has 1 heterocycles. The van der Waals surface area contributed by atoms with Crippen molar-refractivity contribution in [2.45, 2.75) is 6.04 Å². The Morgan fingerprint density at radius 1 is 0.857 bits per heavy atom.